The second-order valence-electron chi connectivity index (χ2n) is 6.44. The van der Waals surface area contributed by atoms with E-state index in [1.54, 1.807) is 18.2 Å². The quantitative estimate of drug-likeness (QED) is 0.660. The molecule has 1 atom stereocenters. The second-order valence-corrected chi connectivity index (χ2v) is 6.44. The molecule has 7 nitrogen and oxygen atoms in total. The topological polar surface area (TPSA) is 78.7 Å². The first-order valence-electron chi connectivity index (χ1n) is 8.62. The van der Waals surface area contributed by atoms with Gasteiger partial charge >= 0.3 is 0 Å². The first-order chi connectivity index (χ1) is 12.5. The van der Waals surface area contributed by atoms with Crippen molar-refractivity contribution in [1.29, 1.82) is 0 Å². The van der Waals surface area contributed by atoms with Crippen molar-refractivity contribution < 1.29 is 9.72 Å². The number of nitro groups is 1. The van der Waals surface area contributed by atoms with Crippen molar-refractivity contribution in [2.75, 3.05) is 36.4 Å². The van der Waals surface area contributed by atoms with E-state index in [2.05, 4.69) is 34.2 Å². The average Bonchev–Trinajstić information content (AvgIpc) is 2.62. The fourth-order valence-electron chi connectivity index (χ4n) is 3.31. The van der Waals surface area contributed by atoms with E-state index in [9.17, 15) is 14.9 Å². The van der Waals surface area contributed by atoms with Crippen LogP contribution in [0, 0.1) is 10.1 Å². The molecule has 1 N–H and O–H groups in total. The maximum Gasteiger partial charge on any atom is 0.292 e. The molecular weight excluding hydrogens is 332 g/mol. The van der Waals surface area contributed by atoms with Gasteiger partial charge in [-0.15, -0.1) is 0 Å². The molecule has 1 unspecified atom stereocenters. The monoisotopic (exact) mass is 354 g/mol. The summed E-state index contributed by atoms with van der Waals surface area (Å²) in [7, 11) is 0. The van der Waals surface area contributed by atoms with Crippen LogP contribution in [-0.2, 0) is 4.79 Å². The zero-order chi connectivity index (χ0) is 18.5. The predicted octanol–water partition coefficient (Wildman–Crippen LogP) is 2.74. The normalized spacial score (nSPS) is 17.7. The van der Waals surface area contributed by atoms with E-state index in [0.29, 0.717) is 0 Å². The number of piperazine rings is 1. The van der Waals surface area contributed by atoms with Crippen LogP contribution >= 0.6 is 0 Å². The lowest BCUT2D eigenvalue weighted by Gasteiger charge is -2.41. The van der Waals surface area contributed by atoms with Gasteiger partial charge in [-0.05, 0) is 25.1 Å². The molecule has 1 aliphatic heterocycles. The predicted molar refractivity (Wildman–Crippen MR) is 101 cm³/mol. The van der Waals surface area contributed by atoms with Gasteiger partial charge in [0.05, 0.1) is 11.5 Å². The van der Waals surface area contributed by atoms with E-state index in [1.165, 1.54) is 11.8 Å². The molecule has 0 spiro atoms. The van der Waals surface area contributed by atoms with Crippen LogP contribution in [0.15, 0.2) is 54.6 Å². The largest absolute Gasteiger partial charge is 0.366 e. The highest BCUT2D eigenvalue weighted by Gasteiger charge is 2.25. The molecule has 1 amide bonds. The Morgan fingerprint density at radius 3 is 2.54 bits per heavy atom. The van der Waals surface area contributed by atoms with E-state index in [-0.39, 0.29) is 29.9 Å². The Balaban J connectivity index is 1.57. The summed E-state index contributed by atoms with van der Waals surface area (Å²) < 4.78 is 0. The number of hydrogen-bond donors (Lipinski definition) is 1. The summed E-state index contributed by atoms with van der Waals surface area (Å²) in [5.41, 5.74) is 1.32. The summed E-state index contributed by atoms with van der Waals surface area (Å²) in [6.45, 7) is 4.73. The SMILES string of the molecule is CC1CN(CC(=O)Nc2ccccc2[N+](=O)[O-])CCN1c1ccccc1. The van der Waals surface area contributed by atoms with Crippen molar-refractivity contribution >= 4 is 23.0 Å². The van der Waals surface area contributed by atoms with E-state index in [1.807, 2.05) is 18.2 Å². The molecule has 1 saturated heterocycles. The molecule has 1 aliphatic rings. The highest BCUT2D eigenvalue weighted by atomic mass is 16.6. The first-order valence-corrected chi connectivity index (χ1v) is 8.62. The number of rotatable bonds is 5. The Kier molecular flexibility index (Phi) is 5.48. The fraction of sp³-hybridized carbons (Fsp3) is 0.316. The summed E-state index contributed by atoms with van der Waals surface area (Å²) in [4.78, 5) is 27.3. The summed E-state index contributed by atoms with van der Waals surface area (Å²) in [6.07, 6.45) is 0. The second kappa shape index (κ2) is 7.97. The number of nitrogens with zero attached hydrogens (tertiary/aromatic N) is 3. The smallest absolute Gasteiger partial charge is 0.292 e. The zero-order valence-corrected chi connectivity index (χ0v) is 14.7. The van der Waals surface area contributed by atoms with Gasteiger partial charge in [-0.25, -0.2) is 0 Å². The number of nitrogens with one attached hydrogen (secondary N) is 1. The summed E-state index contributed by atoms with van der Waals surface area (Å²) in [6, 6.07) is 16.7. The van der Waals surface area contributed by atoms with Crippen LogP contribution in [0.3, 0.4) is 0 Å². The van der Waals surface area contributed by atoms with Gasteiger partial charge in [-0.3, -0.25) is 19.8 Å². The molecule has 0 bridgehead atoms. The molecule has 7 heteroatoms. The number of para-hydroxylation sites is 3. The minimum absolute atomic E-state index is 0.0943. The molecule has 2 aromatic carbocycles. The number of hydrogen-bond acceptors (Lipinski definition) is 5. The Labute approximate surface area is 152 Å². The molecule has 136 valence electrons. The standard InChI is InChI=1S/C19H22N4O3/c1-15-13-21(11-12-22(15)16-7-3-2-4-8-16)14-19(24)20-17-9-5-6-10-18(17)23(25)26/h2-10,15H,11-14H2,1H3,(H,20,24). The molecule has 0 saturated carbocycles. The number of carbonyl (C=O) groups is 1. The Hall–Kier alpha value is -2.93. The lowest BCUT2D eigenvalue weighted by atomic mass is 10.1. The number of carbonyl (C=O) groups excluding carboxylic acids is 1. The maximum atomic E-state index is 12.3. The molecule has 2 aromatic rings. The van der Waals surface area contributed by atoms with Crippen LogP contribution in [0.5, 0.6) is 0 Å². The number of nitro benzene ring substituents is 1. The summed E-state index contributed by atoms with van der Waals surface area (Å²) in [5, 5.41) is 13.7. The molecule has 0 aromatic heterocycles. The van der Waals surface area contributed by atoms with Crippen LogP contribution in [0.25, 0.3) is 0 Å². The summed E-state index contributed by atoms with van der Waals surface area (Å²) >= 11 is 0. The molecule has 0 aliphatic carbocycles. The third-order valence-electron chi connectivity index (χ3n) is 4.54. The Morgan fingerprint density at radius 1 is 1.15 bits per heavy atom. The van der Waals surface area contributed by atoms with Crippen molar-refractivity contribution in [3.63, 3.8) is 0 Å². The van der Waals surface area contributed by atoms with Crippen molar-refractivity contribution in [3.05, 3.63) is 64.7 Å². The molecule has 26 heavy (non-hydrogen) atoms. The third kappa shape index (κ3) is 4.18. The molecule has 3 rings (SSSR count). The minimum Gasteiger partial charge on any atom is -0.366 e. The first kappa shape index (κ1) is 17.9. The highest BCUT2D eigenvalue weighted by molar-refractivity contribution is 5.94. The average molecular weight is 354 g/mol. The van der Waals surface area contributed by atoms with Crippen LogP contribution in [-0.4, -0.2) is 48.0 Å². The molecule has 0 radical (unpaired) electrons. The van der Waals surface area contributed by atoms with Crippen LogP contribution in [0.4, 0.5) is 17.1 Å². The maximum absolute atomic E-state index is 12.3. The van der Waals surface area contributed by atoms with Crippen molar-refractivity contribution in [2.24, 2.45) is 0 Å². The zero-order valence-electron chi connectivity index (χ0n) is 14.7. The molecule has 1 heterocycles. The van der Waals surface area contributed by atoms with Gasteiger partial charge in [0, 0.05) is 37.4 Å². The number of benzene rings is 2. The van der Waals surface area contributed by atoms with Gasteiger partial charge in [0.2, 0.25) is 5.91 Å². The van der Waals surface area contributed by atoms with E-state index >= 15 is 0 Å². The van der Waals surface area contributed by atoms with E-state index in [4.69, 9.17) is 0 Å². The van der Waals surface area contributed by atoms with Gasteiger partial charge in [0.15, 0.2) is 0 Å². The lowest BCUT2D eigenvalue weighted by molar-refractivity contribution is -0.383. The minimum atomic E-state index is -0.490. The van der Waals surface area contributed by atoms with Crippen LogP contribution in [0.1, 0.15) is 6.92 Å². The van der Waals surface area contributed by atoms with Crippen molar-refractivity contribution in [2.45, 2.75) is 13.0 Å². The van der Waals surface area contributed by atoms with E-state index in [0.717, 1.165) is 19.6 Å². The molecule has 1 fully saturated rings. The highest BCUT2D eigenvalue weighted by Crippen LogP contribution is 2.23. The van der Waals surface area contributed by atoms with Crippen molar-refractivity contribution in [1.82, 2.24) is 4.90 Å². The van der Waals surface area contributed by atoms with E-state index < -0.39 is 4.92 Å². The number of amides is 1. The Bertz CT molecular complexity index is 781. The van der Waals surface area contributed by atoms with Gasteiger partial charge < -0.3 is 10.2 Å². The van der Waals surface area contributed by atoms with Gasteiger partial charge in [-0.2, -0.15) is 0 Å². The third-order valence-corrected chi connectivity index (χ3v) is 4.54. The Morgan fingerprint density at radius 2 is 1.85 bits per heavy atom. The van der Waals surface area contributed by atoms with Gasteiger partial charge in [0.1, 0.15) is 5.69 Å². The van der Waals surface area contributed by atoms with Gasteiger partial charge in [0.25, 0.3) is 5.69 Å². The van der Waals surface area contributed by atoms with Crippen LogP contribution in [0.2, 0.25) is 0 Å². The molecular formula is C19H22N4O3. The fourth-order valence-corrected chi connectivity index (χ4v) is 3.31. The van der Waals surface area contributed by atoms with Crippen molar-refractivity contribution in [3.8, 4) is 0 Å². The van der Waals surface area contributed by atoms with Crippen LogP contribution < -0.4 is 10.2 Å². The number of anilines is 2. The lowest BCUT2D eigenvalue weighted by Crippen LogP contribution is -2.53. The summed E-state index contributed by atoms with van der Waals surface area (Å²) in [5.74, 6) is -0.236. The van der Waals surface area contributed by atoms with Gasteiger partial charge in [-0.1, -0.05) is 30.3 Å².